The molecule has 3 rings (SSSR count). The Morgan fingerprint density at radius 1 is 1.33 bits per heavy atom. The second-order valence-corrected chi connectivity index (χ2v) is 7.84. The molecule has 3 heterocycles. The normalized spacial score (nSPS) is 18.2. The molecule has 2 aromatic heterocycles. The number of sulfonamides is 1. The van der Waals surface area contributed by atoms with Crippen LogP contribution in [-0.4, -0.2) is 47.0 Å². The fourth-order valence-electron chi connectivity index (χ4n) is 2.77. The second-order valence-electron chi connectivity index (χ2n) is 5.90. The van der Waals surface area contributed by atoms with Crippen LogP contribution in [0.4, 0.5) is 5.82 Å². The van der Waals surface area contributed by atoms with Crippen molar-refractivity contribution < 1.29 is 8.42 Å². The van der Waals surface area contributed by atoms with E-state index in [1.807, 2.05) is 31.2 Å². The van der Waals surface area contributed by atoms with Gasteiger partial charge < -0.3 is 5.32 Å². The molecule has 8 heteroatoms. The van der Waals surface area contributed by atoms with Gasteiger partial charge in [0.1, 0.15) is 11.6 Å². The smallest absolute Gasteiger partial charge is 0.211 e. The van der Waals surface area contributed by atoms with Crippen LogP contribution in [0.3, 0.4) is 0 Å². The molecule has 24 heavy (non-hydrogen) atoms. The first kappa shape index (κ1) is 16.8. The van der Waals surface area contributed by atoms with Crippen molar-refractivity contribution in [3.8, 4) is 0 Å². The van der Waals surface area contributed by atoms with Gasteiger partial charge in [0.2, 0.25) is 10.0 Å². The molecular weight excluding hydrogens is 326 g/mol. The minimum absolute atomic E-state index is 0.182. The predicted octanol–water partition coefficient (Wildman–Crippen LogP) is 1.54. The van der Waals surface area contributed by atoms with E-state index in [0.717, 1.165) is 24.2 Å². The van der Waals surface area contributed by atoms with E-state index in [9.17, 15) is 8.42 Å². The number of nitrogens with one attached hydrogen (secondary N) is 1. The molecule has 1 saturated heterocycles. The van der Waals surface area contributed by atoms with E-state index in [2.05, 4.69) is 20.3 Å². The van der Waals surface area contributed by atoms with E-state index in [1.165, 1.54) is 10.6 Å². The Hall–Kier alpha value is -2.06. The number of pyridine rings is 1. The highest BCUT2D eigenvalue weighted by Crippen LogP contribution is 2.34. The second kappa shape index (κ2) is 6.82. The molecule has 1 fully saturated rings. The first-order valence-electron chi connectivity index (χ1n) is 7.89. The van der Waals surface area contributed by atoms with Crippen molar-refractivity contribution in [2.75, 3.05) is 24.7 Å². The predicted molar refractivity (Wildman–Crippen MR) is 92.1 cm³/mol. The highest BCUT2D eigenvalue weighted by atomic mass is 32.2. The molecule has 2 aromatic rings. The first-order chi connectivity index (χ1) is 11.4. The molecule has 0 spiro atoms. The van der Waals surface area contributed by atoms with Gasteiger partial charge in [0.15, 0.2) is 0 Å². The number of hydrogen-bond donors (Lipinski definition) is 1. The molecule has 1 aliphatic rings. The summed E-state index contributed by atoms with van der Waals surface area (Å²) >= 11 is 0. The van der Waals surface area contributed by atoms with Crippen LogP contribution in [0, 0.1) is 6.92 Å². The summed E-state index contributed by atoms with van der Waals surface area (Å²) in [5, 5.41) is 3.27. The van der Waals surface area contributed by atoms with Crippen LogP contribution in [0.25, 0.3) is 0 Å². The van der Waals surface area contributed by atoms with Gasteiger partial charge in [0.25, 0.3) is 0 Å². The standard InChI is InChI=1S/C16H21N5O2S/c1-12-19-14(15-7-10-21(15)24(2,22)23)11-16(20-12)18-9-6-13-5-3-4-8-17-13/h3-5,8,11,15H,6-7,9-10H2,1-2H3,(H,18,19,20)/t15-/m0/s1. The van der Waals surface area contributed by atoms with Crippen LogP contribution in [0.2, 0.25) is 0 Å². The van der Waals surface area contributed by atoms with Crippen LogP contribution in [0.5, 0.6) is 0 Å². The monoisotopic (exact) mass is 347 g/mol. The van der Waals surface area contributed by atoms with Gasteiger partial charge in [-0.05, 0) is 25.5 Å². The van der Waals surface area contributed by atoms with Crippen LogP contribution in [0.15, 0.2) is 30.5 Å². The SMILES string of the molecule is Cc1nc(NCCc2ccccn2)cc([C@@H]2CCN2S(C)(=O)=O)n1. The number of nitrogens with zero attached hydrogens (tertiary/aromatic N) is 4. The fourth-order valence-corrected chi connectivity index (χ4v) is 3.89. The van der Waals surface area contributed by atoms with Crippen molar-refractivity contribution in [3.63, 3.8) is 0 Å². The topological polar surface area (TPSA) is 88.1 Å². The van der Waals surface area contributed by atoms with E-state index < -0.39 is 10.0 Å². The number of hydrogen-bond acceptors (Lipinski definition) is 6. The number of anilines is 1. The summed E-state index contributed by atoms with van der Waals surface area (Å²) in [6.07, 6.45) is 4.59. The van der Waals surface area contributed by atoms with E-state index in [-0.39, 0.29) is 6.04 Å². The van der Waals surface area contributed by atoms with Gasteiger partial charge in [-0.25, -0.2) is 18.4 Å². The molecule has 128 valence electrons. The molecule has 0 saturated carbocycles. The Labute approximate surface area is 142 Å². The van der Waals surface area contributed by atoms with Gasteiger partial charge in [-0.15, -0.1) is 0 Å². The number of rotatable bonds is 6. The molecule has 0 amide bonds. The molecule has 0 radical (unpaired) electrons. The Bertz CT molecular complexity index is 810. The van der Waals surface area contributed by atoms with Crippen molar-refractivity contribution in [2.24, 2.45) is 0 Å². The summed E-state index contributed by atoms with van der Waals surface area (Å²) in [6.45, 7) is 3.07. The zero-order valence-electron chi connectivity index (χ0n) is 13.8. The lowest BCUT2D eigenvalue weighted by Crippen LogP contribution is -2.44. The lowest BCUT2D eigenvalue weighted by molar-refractivity contribution is 0.199. The van der Waals surface area contributed by atoms with Crippen molar-refractivity contribution in [1.29, 1.82) is 0 Å². The van der Waals surface area contributed by atoms with Crippen LogP contribution in [-0.2, 0) is 16.4 Å². The van der Waals surface area contributed by atoms with Crippen molar-refractivity contribution in [1.82, 2.24) is 19.3 Å². The third kappa shape index (κ3) is 3.88. The number of aryl methyl sites for hydroxylation is 1. The molecule has 7 nitrogen and oxygen atoms in total. The summed E-state index contributed by atoms with van der Waals surface area (Å²) in [7, 11) is -3.20. The third-order valence-electron chi connectivity index (χ3n) is 4.01. The summed E-state index contributed by atoms with van der Waals surface area (Å²) in [4.78, 5) is 13.1. The summed E-state index contributed by atoms with van der Waals surface area (Å²) in [5.41, 5.74) is 1.76. The van der Waals surface area contributed by atoms with Crippen molar-refractivity contribution in [2.45, 2.75) is 25.8 Å². The molecule has 0 unspecified atom stereocenters. The maximum Gasteiger partial charge on any atom is 0.211 e. The molecule has 1 aliphatic heterocycles. The average molecular weight is 347 g/mol. The summed E-state index contributed by atoms with van der Waals surface area (Å²) in [5.74, 6) is 1.35. The number of aromatic nitrogens is 3. The third-order valence-corrected chi connectivity index (χ3v) is 5.30. The van der Waals surface area contributed by atoms with Crippen LogP contribution < -0.4 is 5.32 Å². The molecule has 1 atom stereocenters. The Balaban J connectivity index is 1.68. The van der Waals surface area contributed by atoms with Gasteiger partial charge in [-0.1, -0.05) is 6.07 Å². The Morgan fingerprint density at radius 2 is 2.17 bits per heavy atom. The van der Waals surface area contributed by atoms with Gasteiger partial charge in [0.05, 0.1) is 18.0 Å². The van der Waals surface area contributed by atoms with E-state index in [0.29, 0.717) is 24.7 Å². The lowest BCUT2D eigenvalue weighted by atomic mass is 10.0. The minimum Gasteiger partial charge on any atom is -0.370 e. The van der Waals surface area contributed by atoms with E-state index >= 15 is 0 Å². The van der Waals surface area contributed by atoms with E-state index in [1.54, 1.807) is 6.20 Å². The zero-order valence-corrected chi connectivity index (χ0v) is 14.6. The van der Waals surface area contributed by atoms with Gasteiger partial charge in [-0.2, -0.15) is 4.31 Å². The van der Waals surface area contributed by atoms with Crippen molar-refractivity contribution in [3.05, 3.63) is 47.7 Å². The lowest BCUT2D eigenvalue weighted by Gasteiger charge is -2.38. The molecule has 0 aromatic carbocycles. The molecule has 1 N–H and O–H groups in total. The minimum atomic E-state index is -3.20. The Kier molecular flexibility index (Phi) is 4.77. The molecule has 0 aliphatic carbocycles. The van der Waals surface area contributed by atoms with E-state index in [4.69, 9.17) is 0 Å². The molecular formula is C16H21N5O2S. The average Bonchev–Trinajstić information content (AvgIpc) is 2.45. The van der Waals surface area contributed by atoms with Crippen molar-refractivity contribution >= 4 is 15.8 Å². The van der Waals surface area contributed by atoms with Crippen LogP contribution in [0.1, 0.15) is 29.7 Å². The van der Waals surface area contributed by atoms with Gasteiger partial charge in [-0.3, -0.25) is 4.98 Å². The quantitative estimate of drug-likeness (QED) is 0.853. The first-order valence-corrected chi connectivity index (χ1v) is 9.74. The maximum atomic E-state index is 11.8. The van der Waals surface area contributed by atoms with Crippen LogP contribution >= 0.6 is 0 Å². The highest BCUT2D eigenvalue weighted by Gasteiger charge is 2.37. The zero-order chi connectivity index (χ0) is 17.2. The Morgan fingerprint density at radius 3 is 2.79 bits per heavy atom. The highest BCUT2D eigenvalue weighted by molar-refractivity contribution is 7.88. The summed E-state index contributed by atoms with van der Waals surface area (Å²) in [6, 6.07) is 7.50. The van der Waals surface area contributed by atoms with Gasteiger partial charge >= 0.3 is 0 Å². The fraction of sp³-hybridized carbons (Fsp3) is 0.438. The largest absolute Gasteiger partial charge is 0.370 e. The molecule has 0 bridgehead atoms. The van der Waals surface area contributed by atoms with Gasteiger partial charge in [0, 0.05) is 37.5 Å². The maximum absolute atomic E-state index is 11.8. The summed E-state index contributed by atoms with van der Waals surface area (Å²) < 4.78 is 25.0.